The van der Waals surface area contributed by atoms with Crippen molar-refractivity contribution in [3.8, 4) is 11.5 Å². The molecule has 0 fully saturated rings. The van der Waals surface area contributed by atoms with Crippen molar-refractivity contribution >= 4 is 28.3 Å². The zero-order valence-electron chi connectivity index (χ0n) is 10.8. The van der Waals surface area contributed by atoms with E-state index in [0.717, 1.165) is 24.5 Å². The van der Waals surface area contributed by atoms with Crippen molar-refractivity contribution in [2.45, 2.75) is 11.9 Å². The molecule has 1 aliphatic heterocycles. The van der Waals surface area contributed by atoms with Crippen LogP contribution in [0.25, 0.3) is 0 Å². The third-order valence-electron chi connectivity index (χ3n) is 2.64. The first-order valence-corrected chi connectivity index (χ1v) is 7.07. The second kappa shape index (κ2) is 6.83. The molecule has 1 aromatic carbocycles. The number of azo groups is 1. The lowest BCUT2D eigenvalue weighted by atomic mass is 10.1. The highest BCUT2D eigenvalue weighted by atomic mass is 32.2. The molecule has 1 N–H and O–H groups in total. The second-order valence-electron chi connectivity index (χ2n) is 3.85. The number of thiocarbonyl (C=S) groups is 1. The lowest BCUT2D eigenvalue weighted by Gasteiger charge is -2.10. The minimum atomic E-state index is -0.0485. The van der Waals surface area contributed by atoms with Crippen LogP contribution in [-0.2, 0) is 6.42 Å². The molecule has 1 unspecified atom stereocenters. The van der Waals surface area contributed by atoms with Crippen LogP contribution in [0.5, 0.6) is 11.5 Å². The highest BCUT2D eigenvalue weighted by Gasteiger charge is 2.16. The van der Waals surface area contributed by atoms with Crippen LogP contribution in [0.2, 0.25) is 0 Å². The standard InChI is InChI=1S/C12H15N3O2S2/c1-16-9-4-3-8(7-10(9)17-2)5-6-13-11-14-15-12(18)19-11/h3-4,7,11,13H,5-6H2,1-2H3. The zero-order chi connectivity index (χ0) is 13.7. The van der Waals surface area contributed by atoms with Gasteiger partial charge in [-0.2, -0.15) is 5.11 Å². The van der Waals surface area contributed by atoms with Crippen molar-refractivity contribution in [3.05, 3.63) is 23.8 Å². The fourth-order valence-corrected chi connectivity index (χ4v) is 2.60. The molecule has 0 radical (unpaired) electrons. The molecule has 2 rings (SSSR count). The summed E-state index contributed by atoms with van der Waals surface area (Å²) in [5, 5.41) is 11.1. The number of thioether (sulfide) groups is 1. The van der Waals surface area contributed by atoms with Crippen LogP contribution in [0, 0.1) is 0 Å². The molecule has 0 spiro atoms. The molecule has 1 aromatic rings. The number of rotatable bonds is 6. The van der Waals surface area contributed by atoms with Crippen molar-refractivity contribution in [1.29, 1.82) is 0 Å². The molecule has 5 nitrogen and oxygen atoms in total. The summed E-state index contributed by atoms with van der Waals surface area (Å²) in [6, 6.07) is 5.92. The van der Waals surface area contributed by atoms with E-state index in [4.69, 9.17) is 21.7 Å². The Kier molecular flexibility index (Phi) is 5.12. The third-order valence-corrected chi connectivity index (χ3v) is 3.78. The van der Waals surface area contributed by atoms with Crippen molar-refractivity contribution in [3.63, 3.8) is 0 Å². The van der Waals surface area contributed by atoms with Gasteiger partial charge in [-0.1, -0.05) is 6.07 Å². The first-order chi connectivity index (χ1) is 9.22. The van der Waals surface area contributed by atoms with E-state index in [9.17, 15) is 0 Å². The fraction of sp³-hybridized carbons (Fsp3) is 0.417. The number of nitrogens with zero attached hydrogens (tertiary/aromatic N) is 2. The van der Waals surface area contributed by atoms with E-state index in [1.165, 1.54) is 17.3 Å². The van der Waals surface area contributed by atoms with Gasteiger partial charge in [0.05, 0.1) is 14.2 Å². The van der Waals surface area contributed by atoms with Gasteiger partial charge >= 0.3 is 0 Å². The minimum Gasteiger partial charge on any atom is -0.493 e. The normalized spacial score (nSPS) is 17.8. The summed E-state index contributed by atoms with van der Waals surface area (Å²) < 4.78 is 11.1. The van der Waals surface area contributed by atoms with Gasteiger partial charge in [0.1, 0.15) is 0 Å². The van der Waals surface area contributed by atoms with E-state index in [1.807, 2.05) is 18.2 Å². The Balaban J connectivity index is 1.86. The van der Waals surface area contributed by atoms with Gasteiger partial charge < -0.3 is 9.47 Å². The Morgan fingerprint density at radius 3 is 2.74 bits per heavy atom. The molecule has 0 aromatic heterocycles. The molecule has 0 amide bonds. The summed E-state index contributed by atoms with van der Waals surface area (Å²) >= 11 is 6.39. The average Bonchev–Trinajstić information content (AvgIpc) is 2.84. The smallest absolute Gasteiger partial charge is 0.185 e. The van der Waals surface area contributed by atoms with Crippen molar-refractivity contribution in [1.82, 2.24) is 5.32 Å². The quantitative estimate of drug-likeness (QED) is 0.818. The first-order valence-electron chi connectivity index (χ1n) is 5.78. The number of methoxy groups -OCH3 is 2. The predicted molar refractivity (Wildman–Crippen MR) is 80.1 cm³/mol. The predicted octanol–water partition coefficient (Wildman–Crippen LogP) is 2.60. The molecule has 0 saturated heterocycles. The molecule has 0 saturated carbocycles. The number of ether oxygens (including phenoxy) is 2. The van der Waals surface area contributed by atoms with E-state index in [1.54, 1.807) is 14.2 Å². The van der Waals surface area contributed by atoms with Crippen LogP contribution in [-0.4, -0.2) is 30.6 Å². The van der Waals surface area contributed by atoms with Gasteiger partial charge in [0.2, 0.25) is 0 Å². The van der Waals surface area contributed by atoms with E-state index >= 15 is 0 Å². The molecule has 7 heteroatoms. The maximum absolute atomic E-state index is 5.27. The van der Waals surface area contributed by atoms with Crippen molar-refractivity contribution in [2.24, 2.45) is 10.2 Å². The van der Waals surface area contributed by atoms with Gasteiger partial charge in [-0.05, 0) is 48.1 Å². The van der Waals surface area contributed by atoms with Gasteiger partial charge in [-0.15, -0.1) is 5.11 Å². The summed E-state index contributed by atoms with van der Waals surface area (Å²) in [5.41, 5.74) is 1.13. The largest absolute Gasteiger partial charge is 0.493 e. The molecular formula is C12H15N3O2S2. The summed E-state index contributed by atoms with van der Waals surface area (Å²) in [7, 11) is 3.26. The Labute approximate surface area is 121 Å². The van der Waals surface area contributed by atoms with Gasteiger partial charge in [0.25, 0.3) is 0 Å². The molecule has 0 aliphatic carbocycles. The van der Waals surface area contributed by atoms with Gasteiger partial charge in [-0.3, -0.25) is 5.32 Å². The van der Waals surface area contributed by atoms with Crippen LogP contribution < -0.4 is 14.8 Å². The molecule has 102 valence electrons. The topological polar surface area (TPSA) is 55.2 Å². The number of hydrogen-bond donors (Lipinski definition) is 1. The number of benzene rings is 1. The first kappa shape index (κ1) is 14.2. The van der Waals surface area contributed by atoms with Crippen LogP contribution in [0.4, 0.5) is 0 Å². The minimum absolute atomic E-state index is 0.0485. The molecule has 1 heterocycles. The van der Waals surface area contributed by atoms with Crippen LogP contribution in [0.3, 0.4) is 0 Å². The van der Waals surface area contributed by atoms with Gasteiger partial charge in [0, 0.05) is 6.54 Å². The van der Waals surface area contributed by atoms with E-state index in [2.05, 4.69) is 15.5 Å². The van der Waals surface area contributed by atoms with Crippen LogP contribution >= 0.6 is 24.0 Å². The molecule has 0 bridgehead atoms. The average molecular weight is 297 g/mol. The third kappa shape index (κ3) is 3.89. The molecular weight excluding hydrogens is 282 g/mol. The van der Waals surface area contributed by atoms with Crippen LogP contribution in [0.1, 0.15) is 5.56 Å². The summed E-state index contributed by atoms with van der Waals surface area (Å²) in [5.74, 6) is 1.49. The van der Waals surface area contributed by atoms with Crippen molar-refractivity contribution in [2.75, 3.05) is 20.8 Å². The Bertz CT molecular complexity index is 494. The van der Waals surface area contributed by atoms with E-state index in [0.29, 0.717) is 4.32 Å². The Morgan fingerprint density at radius 2 is 2.11 bits per heavy atom. The maximum Gasteiger partial charge on any atom is 0.185 e. The highest BCUT2D eigenvalue weighted by Crippen LogP contribution is 2.27. The number of hydrogen-bond acceptors (Lipinski definition) is 6. The van der Waals surface area contributed by atoms with Gasteiger partial charge in [-0.25, -0.2) is 0 Å². The van der Waals surface area contributed by atoms with E-state index < -0.39 is 0 Å². The summed E-state index contributed by atoms with van der Waals surface area (Å²) in [6.07, 6.45) is 0.875. The van der Waals surface area contributed by atoms with Crippen molar-refractivity contribution < 1.29 is 9.47 Å². The highest BCUT2D eigenvalue weighted by molar-refractivity contribution is 8.23. The zero-order valence-corrected chi connectivity index (χ0v) is 12.4. The van der Waals surface area contributed by atoms with Gasteiger partial charge in [0.15, 0.2) is 21.3 Å². The SMILES string of the molecule is COc1ccc(CCNC2N=NC(=S)S2)cc1OC. The lowest BCUT2D eigenvalue weighted by molar-refractivity contribution is 0.354. The summed E-state index contributed by atoms with van der Waals surface area (Å²) in [4.78, 5) is 0. The molecule has 1 aliphatic rings. The lowest BCUT2D eigenvalue weighted by Crippen LogP contribution is -2.25. The second-order valence-corrected chi connectivity index (χ2v) is 5.56. The van der Waals surface area contributed by atoms with Crippen LogP contribution in [0.15, 0.2) is 28.4 Å². The maximum atomic E-state index is 5.27. The molecule has 1 atom stereocenters. The fourth-order valence-electron chi connectivity index (χ4n) is 1.70. The Morgan fingerprint density at radius 1 is 1.32 bits per heavy atom. The summed E-state index contributed by atoms with van der Waals surface area (Å²) in [6.45, 7) is 0.800. The monoisotopic (exact) mass is 297 g/mol. The molecule has 19 heavy (non-hydrogen) atoms. The van der Waals surface area contributed by atoms with E-state index in [-0.39, 0.29) is 5.50 Å². The Hall–Kier alpha value is -1.18. The number of nitrogens with one attached hydrogen (secondary N) is 1.